The molecule has 0 radical (unpaired) electrons. The number of tetrazole rings is 1. The predicted octanol–water partition coefficient (Wildman–Crippen LogP) is 2.88. The van der Waals surface area contributed by atoms with Crippen LogP contribution in [0.15, 0.2) is 58.6 Å². The highest BCUT2D eigenvalue weighted by Crippen LogP contribution is 2.37. The van der Waals surface area contributed by atoms with Gasteiger partial charge in [0.15, 0.2) is 11.5 Å². The molecule has 1 unspecified atom stereocenters. The Bertz CT molecular complexity index is 1140. The summed E-state index contributed by atoms with van der Waals surface area (Å²) < 4.78 is 12.2. The highest BCUT2D eigenvalue weighted by atomic mass is 79.9. The van der Waals surface area contributed by atoms with E-state index in [1.54, 1.807) is 55.6 Å². The third-order valence-corrected chi connectivity index (χ3v) is 5.21. The summed E-state index contributed by atoms with van der Waals surface area (Å²) in [6.07, 6.45) is 0. The van der Waals surface area contributed by atoms with E-state index in [4.69, 9.17) is 9.47 Å². The zero-order valence-corrected chi connectivity index (χ0v) is 17.6. The molecule has 0 fully saturated rings. The van der Waals surface area contributed by atoms with Crippen molar-refractivity contribution in [3.8, 4) is 5.75 Å². The number of rotatable bonds is 5. The quantitative estimate of drug-likeness (QED) is 0.448. The molecule has 4 rings (SSSR count). The Morgan fingerprint density at radius 2 is 1.77 bits per heavy atom. The number of nitrogens with zero attached hydrogens (tertiary/aromatic N) is 4. The smallest absolute Gasteiger partial charge is 0.357 e. The standard InChI is InChI=1S/C20H16BrN5O4/c1-29-14-9-5-11(6-10-14)16-15(18(27)12-3-7-13(21)8-4-12)17(19(28)30-2)26-20(22-16)23-24-25-26/h3-10,16H,1-2H3,(H,22,23,25). The number of hydrogen-bond acceptors (Lipinski definition) is 8. The Labute approximate surface area is 179 Å². The minimum Gasteiger partial charge on any atom is -0.497 e. The summed E-state index contributed by atoms with van der Waals surface area (Å²) in [7, 11) is 2.81. The third-order valence-electron chi connectivity index (χ3n) is 4.68. The average Bonchev–Trinajstić information content (AvgIpc) is 3.25. The lowest BCUT2D eigenvalue weighted by Crippen LogP contribution is -2.31. The van der Waals surface area contributed by atoms with E-state index in [9.17, 15) is 9.59 Å². The van der Waals surface area contributed by atoms with Crippen LogP contribution in [0, 0.1) is 0 Å². The number of fused-ring (bicyclic) bond motifs is 1. The van der Waals surface area contributed by atoms with Crippen LogP contribution < -0.4 is 10.1 Å². The van der Waals surface area contributed by atoms with E-state index < -0.39 is 12.0 Å². The van der Waals surface area contributed by atoms with E-state index >= 15 is 0 Å². The number of benzene rings is 2. The normalized spacial score (nSPS) is 15.2. The fourth-order valence-electron chi connectivity index (χ4n) is 3.21. The molecule has 0 amide bonds. The summed E-state index contributed by atoms with van der Waals surface area (Å²) in [4.78, 5) is 26.3. The molecule has 1 aromatic heterocycles. The van der Waals surface area contributed by atoms with Gasteiger partial charge in [-0.25, -0.2) is 4.79 Å². The molecule has 1 atom stereocenters. The van der Waals surface area contributed by atoms with Crippen molar-refractivity contribution in [3.63, 3.8) is 0 Å². The summed E-state index contributed by atoms with van der Waals surface area (Å²) in [5, 5.41) is 14.5. The zero-order chi connectivity index (χ0) is 21.3. The largest absolute Gasteiger partial charge is 0.497 e. The fourth-order valence-corrected chi connectivity index (χ4v) is 3.48. The number of carbonyl (C=O) groups is 2. The number of nitrogens with one attached hydrogen (secondary N) is 1. The maximum Gasteiger partial charge on any atom is 0.357 e. The molecule has 9 nitrogen and oxygen atoms in total. The second-order valence-corrected chi connectivity index (χ2v) is 7.27. The van der Waals surface area contributed by atoms with Crippen LogP contribution in [-0.2, 0) is 9.53 Å². The fraction of sp³-hybridized carbons (Fsp3) is 0.150. The van der Waals surface area contributed by atoms with Crippen molar-refractivity contribution in [1.82, 2.24) is 20.2 Å². The van der Waals surface area contributed by atoms with E-state index in [1.165, 1.54) is 11.8 Å². The van der Waals surface area contributed by atoms with Gasteiger partial charge in [0.05, 0.1) is 25.8 Å². The Morgan fingerprint density at radius 3 is 2.40 bits per heavy atom. The molecule has 0 saturated carbocycles. The van der Waals surface area contributed by atoms with Crippen molar-refractivity contribution in [2.45, 2.75) is 6.04 Å². The number of carbonyl (C=O) groups excluding carboxylic acids is 2. The molecule has 1 aliphatic rings. The lowest BCUT2D eigenvalue weighted by molar-refractivity contribution is -0.134. The maximum absolute atomic E-state index is 13.6. The number of hydrogen-bond donors (Lipinski definition) is 1. The first kappa shape index (κ1) is 19.8. The van der Waals surface area contributed by atoms with Gasteiger partial charge in [-0.1, -0.05) is 33.2 Å². The second-order valence-electron chi connectivity index (χ2n) is 6.35. The van der Waals surface area contributed by atoms with E-state index in [0.717, 1.165) is 10.0 Å². The zero-order valence-electron chi connectivity index (χ0n) is 16.0. The number of aromatic nitrogens is 4. The highest BCUT2D eigenvalue weighted by Gasteiger charge is 2.38. The van der Waals surface area contributed by atoms with Crippen LogP contribution in [0.1, 0.15) is 22.0 Å². The lowest BCUT2D eigenvalue weighted by atomic mass is 9.89. The first-order chi connectivity index (χ1) is 14.5. The minimum atomic E-state index is -0.718. The number of halogens is 1. The van der Waals surface area contributed by atoms with Crippen LogP contribution in [-0.4, -0.2) is 46.2 Å². The van der Waals surface area contributed by atoms with Crippen molar-refractivity contribution < 1.29 is 19.1 Å². The van der Waals surface area contributed by atoms with Crippen LogP contribution in [0.25, 0.3) is 5.70 Å². The summed E-state index contributed by atoms with van der Waals surface area (Å²) in [6, 6.07) is 13.3. The molecule has 0 spiro atoms. The van der Waals surface area contributed by atoms with Crippen molar-refractivity contribution in [3.05, 3.63) is 69.7 Å². The van der Waals surface area contributed by atoms with E-state index in [0.29, 0.717) is 11.3 Å². The molecule has 152 valence electrons. The predicted molar refractivity (Wildman–Crippen MR) is 111 cm³/mol. The van der Waals surface area contributed by atoms with Crippen molar-refractivity contribution in [2.75, 3.05) is 19.5 Å². The number of methoxy groups -OCH3 is 2. The number of esters is 1. The molecular weight excluding hydrogens is 454 g/mol. The summed E-state index contributed by atoms with van der Waals surface area (Å²) in [5.74, 6) is -0.178. The van der Waals surface area contributed by atoms with Crippen LogP contribution in [0.3, 0.4) is 0 Å². The SMILES string of the molecule is COC(=O)C1=C(C(=O)c2ccc(Br)cc2)C(c2ccc(OC)cc2)Nc2nnnn21. The number of Topliss-reactive ketones (excluding diaryl/α,β-unsaturated/α-hetero) is 1. The van der Waals surface area contributed by atoms with Gasteiger partial charge in [0.25, 0.3) is 0 Å². The van der Waals surface area contributed by atoms with Gasteiger partial charge in [-0.2, -0.15) is 4.68 Å². The van der Waals surface area contributed by atoms with Crippen LogP contribution in [0.5, 0.6) is 5.75 Å². The van der Waals surface area contributed by atoms with Crippen molar-refractivity contribution in [1.29, 1.82) is 0 Å². The van der Waals surface area contributed by atoms with Crippen molar-refractivity contribution >= 4 is 39.3 Å². The molecule has 10 heteroatoms. The molecule has 1 aliphatic heterocycles. The number of ketones is 1. The van der Waals surface area contributed by atoms with Gasteiger partial charge < -0.3 is 14.8 Å². The molecule has 0 saturated heterocycles. The van der Waals surface area contributed by atoms with E-state index in [-0.39, 0.29) is 23.0 Å². The Morgan fingerprint density at radius 1 is 1.07 bits per heavy atom. The van der Waals surface area contributed by atoms with E-state index in [2.05, 4.69) is 36.8 Å². The Hall–Kier alpha value is -3.53. The maximum atomic E-state index is 13.6. The minimum absolute atomic E-state index is 0.0370. The number of anilines is 1. The van der Waals surface area contributed by atoms with Crippen molar-refractivity contribution in [2.24, 2.45) is 0 Å². The van der Waals surface area contributed by atoms with Crippen LogP contribution >= 0.6 is 15.9 Å². The van der Waals surface area contributed by atoms with Gasteiger partial charge in [0.1, 0.15) is 5.75 Å². The molecule has 3 aromatic rings. The van der Waals surface area contributed by atoms with Gasteiger partial charge in [-0.15, -0.1) is 0 Å². The third kappa shape index (κ3) is 3.45. The monoisotopic (exact) mass is 469 g/mol. The molecule has 0 aliphatic carbocycles. The van der Waals surface area contributed by atoms with Gasteiger partial charge in [0.2, 0.25) is 5.95 Å². The van der Waals surface area contributed by atoms with Gasteiger partial charge in [-0.3, -0.25) is 4.79 Å². The Kier molecular flexibility index (Phi) is 5.32. The van der Waals surface area contributed by atoms with Gasteiger partial charge >= 0.3 is 5.97 Å². The highest BCUT2D eigenvalue weighted by molar-refractivity contribution is 9.10. The molecular formula is C20H16BrN5O4. The summed E-state index contributed by atoms with van der Waals surface area (Å²) >= 11 is 3.36. The molecule has 1 N–H and O–H groups in total. The van der Waals surface area contributed by atoms with Gasteiger partial charge in [-0.05, 0) is 52.4 Å². The molecule has 2 aromatic carbocycles. The topological polar surface area (TPSA) is 108 Å². The molecule has 0 bridgehead atoms. The van der Waals surface area contributed by atoms with Crippen LogP contribution in [0.2, 0.25) is 0 Å². The van der Waals surface area contributed by atoms with Gasteiger partial charge in [0, 0.05) is 10.0 Å². The van der Waals surface area contributed by atoms with E-state index in [1.807, 2.05) is 0 Å². The first-order valence-electron chi connectivity index (χ1n) is 8.85. The first-order valence-corrected chi connectivity index (χ1v) is 9.64. The Balaban J connectivity index is 1.93. The second kappa shape index (κ2) is 8.07. The molecule has 2 heterocycles. The average molecular weight is 470 g/mol. The van der Waals surface area contributed by atoms with Crippen LogP contribution in [0.4, 0.5) is 5.95 Å². The lowest BCUT2D eigenvalue weighted by Gasteiger charge is -2.28. The summed E-state index contributed by atoms with van der Waals surface area (Å²) in [6.45, 7) is 0. The summed E-state index contributed by atoms with van der Waals surface area (Å²) in [5.41, 5.74) is 1.28. The molecule has 30 heavy (non-hydrogen) atoms. The number of ether oxygens (including phenoxy) is 2.